The molecule has 0 radical (unpaired) electrons. The van der Waals surface area contributed by atoms with Crippen LogP contribution >= 0.6 is 12.2 Å². The van der Waals surface area contributed by atoms with E-state index in [1.54, 1.807) is 24.3 Å². The smallest absolute Gasteiger partial charge is 0.294 e. The lowest BCUT2D eigenvalue weighted by Gasteiger charge is -2.28. The van der Waals surface area contributed by atoms with Crippen molar-refractivity contribution in [2.75, 3.05) is 36.5 Å². The lowest BCUT2D eigenvalue weighted by molar-refractivity contribution is -0.384. The number of morpholine rings is 1. The number of carbonyl (C=O) groups excluding carboxylic acids is 1. The molecule has 1 amide bonds. The molecule has 2 N–H and O–H groups in total. The lowest BCUT2D eigenvalue weighted by Crippen LogP contribution is -2.36. The Hall–Kier alpha value is -3.04. The van der Waals surface area contributed by atoms with E-state index >= 15 is 0 Å². The van der Waals surface area contributed by atoms with Crippen LogP contribution in [0.25, 0.3) is 0 Å². The molecule has 1 aliphatic heterocycles. The predicted octanol–water partition coefficient (Wildman–Crippen LogP) is 2.87. The lowest BCUT2D eigenvalue weighted by atomic mass is 10.1. The second kappa shape index (κ2) is 8.77. The van der Waals surface area contributed by atoms with Crippen molar-refractivity contribution in [2.45, 2.75) is 6.92 Å². The van der Waals surface area contributed by atoms with Crippen LogP contribution in [0.15, 0.2) is 42.5 Å². The number of anilines is 2. The summed E-state index contributed by atoms with van der Waals surface area (Å²) >= 11 is 5.18. The molecule has 1 heterocycles. The number of thiocarbonyl (C=S) groups is 1. The van der Waals surface area contributed by atoms with Crippen molar-refractivity contribution >= 4 is 40.3 Å². The number of hydrogen-bond donors (Lipinski definition) is 2. The molecule has 1 aliphatic rings. The topological polar surface area (TPSA) is 96.7 Å². The van der Waals surface area contributed by atoms with E-state index in [1.165, 1.54) is 6.07 Å². The first kappa shape index (κ1) is 19.7. The number of nitro benzene ring substituents is 1. The predicted molar refractivity (Wildman–Crippen MR) is 111 cm³/mol. The van der Waals surface area contributed by atoms with Crippen LogP contribution in [0.3, 0.4) is 0 Å². The highest BCUT2D eigenvalue weighted by Crippen LogP contribution is 2.31. The van der Waals surface area contributed by atoms with Crippen LogP contribution in [0.5, 0.6) is 0 Å². The van der Waals surface area contributed by atoms with Crippen LogP contribution in [-0.2, 0) is 4.74 Å². The maximum Gasteiger partial charge on any atom is 0.294 e. The molecule has 1 fully saturated rings. The molecule has 0 saturated carbocycles. The largest absolute Gasteiger partial charge is 0.378 e. The van der Waals surface area contributed by atoms with E-state index in [9.17, 15) is 14.9 Å². The Balaban J connectivity index is 1.72. The summed E-state index contributed by atoms with van der Waals surface area (Å²) in [5, 5.41) is 17.0. The fraction of sp³-hybridized carbons (Fsp3) is 0.263. The highest BCUT2D eigenvalue weighted by Gasteiger charge is 2.22. The molecule has 0 unspecified atom stereocenters. The molecule has 0 spiro atoms. The number of nitro groups is 1. The van der Waals surface area contributed by atoms with E-state index in [4.69, 9.17) is 17.0 Å². The average Bonchev–Trinajstić information content (AvgIpc) is 2.68. The number of aryl methyl sites for hydroxylation is 1. The molecule has 8 nitrogen and oxygen atoms in total. The molecule has 0 bridgehead atoms. The van der Waals surface area contributed by atoms with Crippen molar-refractivity contribution in [1.82, 2.24) is 5.32 Å². The fourth-order valence-corrected chi connectivity index (χ4v) is 3.19. The molecule has 0 aromatic heterocycles. The van der Waals surface area contributed by atoms with Gasteiger partial charge in [-0.15, -0.1) is 0 Å². The minimum absolute atomic E-state index is 0.0278. The van der Waals surface area contributed by atoms with Gasteiger partial charge < -0.3 is 15.0 Å². The van der Waals surface area contributed by atoms with Crippen molar-refractivity contribution in [3.05, 3.63) is 63.7 Å². The summed E-state index contributed by atoms with van der Waals surface area (Å²) in [6.45, 7) is 4.09. The second-order valence-electron chi connectivity index (χ2n) is 6.28. The summed E-state index contributed by atoms with van der Waals surface area (Å²) < 4.78 is 5.30. The van der Waals surface area contributed by atoms with Gasteiger partial charge in [0.05, 0.1) is 18.1 Å². The van der Waals surface area contributed by atoms with Crippen molar-refractivity contribution in [3.8, 4) is 0 Å². The molecule has 0 atom stereocenters. The average molecular weight is 400 g/mol. The van der Waals surface area contributed by atoms with Gasteiger partial charge in [-0.3, -0.25) is 20.2 Å². The van der Waals surface area contributed by atoms with E-state index in [2.05, 4.69) is 10.6 Å². The van der Waals surface area contributed by atoms with Gasteiger partial charge in [-0.2, -0.15) is 0 Å². The van der Waals surface area contributed by atoms with Crippen LogP contribution in [0.2, 0.25) is 0 Å². The molecule has 146 valence electrons. The Kier molecular flexibility index (Phi) is 6.17. The van der Waals surface area contributed by atoms with Gasteiger partial charge in [-0.05, 0) is 42.9 Å². The number of amides is 1. The molecular formula is C19H20N4O4S. The molecule has 28 heavy (non-hydrogen) atoms. The van der Waals surface area contributed by atoms with Crippen molar-refractivity contribution in [1.29, 1.82) is 0 Å². The van der Waals surface area contributed by atoms with Gasteiger partial charge in [0.25, 0.3) is 11.6 Å². The van der Waals surface area contributed by atoms with Crippen LogP contribution in [0, 0.1) is 17.0 Å². The van der Waals surface area contributed by atoms with Gasteiger partial charge in [0.2, 0.25) is 0 Å². The van der Waals surface area contributed by atoms with Gasteiger partial charge in [0.1, 0.15) is 5.69 Å². The minimum Gasteiger partial charge on any atom is -0.378 e. The Labute approximate surface area is 167 Å². The molecule has 2 aromatic carbocycles. The third kappa shape index (κ3) is 4.62. The number of ether oxygens (including phenoxy) is 1. The first-order chi connectivity index (χ1) is 13.5. The number of carbonyl (C=O) groups is 1. The highest BCUT2D eigenvalue weighted by atomic mass is 32.1. The van der Waals surface area contributed by atoms with Crippen LogP contribution in [0.4, 0.5) is 17.1 Å². The molecule has 3 rings (SSSR count). The number of nitrogens with zero attached hydrogens (tertiary/aromatic N) is 2. The van der Waals surface area contributed by atoms with Gasteiger partial charge in [0.15, 0.2) is 5.11 Å². The van der Waals surface area contributed by atoms with Gasteiger partial charge >= 0.3 is 0 Å². The maximum absolute atomic E-state index is 12.3. The second-order valence-corrected chi connectivity index (χ2v) is 6.69. The van der Waals surface area contributed by atoms with E-state index in [-0.39, 0.29) is 16.7 Å². The summed E-state index contributed by atoms with van der Waals surface area (Å²) in [7, 11) is 0. The Morgan fingerprint density at radius 3 is 2.61 bits per heavy atom. The van der Waals surface area contributed by atoms with Gasteiger partial charge in [0, 0.05) is 30.4 Å². The third-order valence-corrected chi connectivity index (χ3v) is 4.60. The molecular weight excluding hydrogens is 380 g/mol. The van der Waals surface area contributed by atoms with E-state index in [1.807, 2.05) is 24.0 Å². The molecule has 2 aromatic rings. The van der Waals surface area contributed by atoms with E-state index in [0.29, 0.717) is 43.2 Å². The number of benzene rings is 2. The molecule has 1 saturated heterocycles. The molecule has 0 aliphatic carbocycles. The standard InChI is InChI=1S/C19H20N4O4S/c1-13-4-2-3-5-15(13)18(24)21-19(28)20-14-6-7-16(17(12-14)23(25)26)22-8-10-27-11-9-22/h2-7,12H,8-11H2,1H3,(H2,20,21,24,28). The summed E-state index contributed by atoms with van der Waals surface area (Å²) in [5.41, 5.74) is 2.28. The maximum atomic E-state index is 12.3. The zero-order valence-electron chi connectivity index (χ0n) is 15.3. The summed E-state index contributed by atoms with van der Waals surface area (Å²) in [6, 6.07) is 11.9. The zero-order valence-corrected chi connectivity index (χ0v) is 16.1. The number of nitrogens with one attached hydrogen (secondary N) is 2. The number of rotatable bonds is 4. The SMILES string of the molecule is Cc1ccccc1C(=O)NC(=S)Nc1ccc(N2CCOCC2)c([N+](=O)[O-])c1. The minimum atomic E-state index is -0.426. The quantitative estimate of drug-likeness (QED) is 0.463. The molecule has 9 heteroatoms. The monoisotopic (exact) mass is 400 g/mol. The summed E-state index contributed by atoms with van der Waals surface area (Å²) in [6.07, 6.45) is 0. The van der Waals surface area contributed by atoms with E-state index in [0.717, 1.165) is 5.56 Å². The Bertz CT molecular complexity index is 913. The van der Waals surface area contributed by atoms with Crippen LogP contribution in [0.1, 0.15) is 15.9 Å². The first-order valence-electron chi connectivity index (χ1n) is 8.75. The van der Waals surface area contributed by atoms with E-state index < -0.39 is 4.92 Å². The van der Waals surface area contributed by atoms with Crippen LogP contribution in [-0.4, -0.2) is 42.2 Å². The first-order valence-corrected chi connectivity index (χ1v) is 9.15. The summed E-state index contributed by atoms with van der Waals surface area (Å²) in [5.74, 6) is -0.338. The van der Waals surface area contributed by atoms with Crippen LogP contribution < -0.4 is 15.5 Å². The number of hydrogen-bond acceptors (Lipinski definition) is 6. The third-order valence-electron chi connectivity index (χ3n) is 4.40. The Morgan fingerprint density at radius 1 is 1.21 bits per heavy atom. The highest BCUT2D eigenvalue weighted by molar-refractivity contribution is 7.80. The Morgan fingerprint density at radius 2 is 1.93 bits per heavy atom. The van der Waals surface area contributed by atoms with Crippen molar-refractivity contribution < 1.29 is 14.5 Å². The zero-order chi connectivity index (χ0) is 20.1. The fourth-order valence-electron chi connectivity index (χ4n) is 2.98. The normalized spacial score (nSPS) is 13.7. The van der Waals surface area contributed by atoms with Gasteiger partial charge in [-0.1, -0.05) is 18.2 Å². The summed E-state index contributed by atoms with van der Waals surface area (Å²) in [4.78, 5) is 25.4. The van der Waals surface area contributed by atoms with Crippen molar-refractivity contribution in [2.24, 2.45) is 0 Å². The van der Waals surface area contributed by atoms with Gasteiger partial charge in [-0.25, -0.2) is 0 Å². The van der Waals surface area contributed by atoms with Crippen molar-refractivity contribution in [3.63, 3.8) is 0 Å².